The van der Waals surface area contributed by atoms with Crippen LogP contribution < -0.4 is 10.1 Å². The fourth-order valence-corrected chi connectivity index (χ4v) is 1.81. The Bertz CT molecular complexity index is 383. The molecule has 0 atom stereocenters. The molecule has 0 fully saturated rings. The highest BCUT2D eigenvalue weighted by Crippen LogP contribution is 2.23. The van der Waals surface area contributed by atoms with E-state index in [2.05, 4.69) is 58.1 Å². The molecule has 0 aliphatic carbocycles. The fraction of sp³-hybridized carbons (Fsp3) is 0.625. The van der Waals surface area contributed by atoms with Crippen molar-refractivity contribution in [2.75, 3.05) is 19.8 Å². The Kier molecular flexibility index (Phi) is 6.32. The molecular formula is C16H27NO2. The lowest BCUT2D eigenvalue weighted by molar-refractivity contribution is -0.0164. The predicted molar refractivity (Wildman–Crippen MR) is 79.8 cm³/mol. The third-order valence-corrected chi connectivity index (χ3v) is 2.72. The molecule has 0 spiro atoms. The summed E-state index contributed by atoms with van der Waals surface area (Å²) in [6, 6.07) is 6.26. The van der Waals surface area contributed by atoms with Crippen LogP contribution in [-0.4, -0.2) is 25.4 Å². The number of benzene rings is 1. The Morgan fingerprint density at radius 1 is 1.16 bits per heavy atom. The van der Waals surface area contributed by atoms with E-state index >= 15 is 0 Å². The van der Waals surface area contributed by atoms with E-state index in [4.69, 9.17) is 9.47 Å². The van der Waals surface area contributed by atoms with Gasteiger partial charge in [0.05, 0.1) is 12.2 Å². The van der Waals surface area contributed by atoms with E-state index in [0.29, 0.717) is 13.2 Å². The Morgan fingerprint density at radius 3 is 2.53 bits per heavy atom. The number of ether oxygens (including phenoxy) is 2. The van der Waals surface area contributed by atoms with Crippen molar-refractivity contribution in [1.29, 1.82) is 0 Å². The lowest BCUT2D eigenvalue weighted by atomic mass is 10.1. The van der Waals surface area contributed by atoms with E-state index < -0.39 is 0 Å². The zero-order valence-electron chi connectivity index (χ0n) is 12.9. The van der Waals surface area contributed by atoms with Gasteiger partial charge >= 0.3 is 0 Å². The summed E-state index contributed by atoms with van der Waals surface area (Å²) in [6.07, 6.45) is 0. The lowest BCUT2D eigenvalue weighted by Crippen LogP contribution is -2.23. The highest BCUT2D eigenvalue weighted by Gasteiger charge is 2.10. The van der Waals surface area contributed by atoms with Crippen LogP contribution in [0.15, 0.2) is 18.2 Å². The minimum atomic E-state index is -0.109. The van der Waals surface area contributed by atoms with E-state index in [1.165, 1.54) is 11.1 Å². The Hall–Kier alpha value is -1.06. The van der Waals surface area contributed by atoms with Crippen LogP contribution in [0.3, 0.4) is 0 Å². The van der Waals surface area contributed by atoms with E-state index in [0.717, 1.165) is 18.8 Å². The quantitative estimate of drug-likeness (QED) is 0.767. The maximum atomic E-state index is 5.90. The summed E-state index contributed by atoms with van der Waals surface area (Å²) in [6.45, 7) is 13.3. The first kappa shape index (κ1) is 16.0. The minimum absolute atomic E-state index is 0.109. The molecule has 0 heterocycles. The van der Waals surface area contributed by atoms with Gasteiger partial charge in [0.15, 0.2) is 0 Å². The third kappa shape index (κ3) is 6.08. The maximum absolute atomic E-state index is 5.90. The van der Waals surface area contributed by atoms with Crippen LogP contribution in [0.25, 0.3) is 0 Å². The van der Waals surface area contributed by atoms with Crippen molar-refractivity contribution in [3.05, 3.63) is 29.3 Å². The van der Waals surface area contributed by atoms with Gasteiger partial charge in [0.2, 0.25) is 0 Å². The Balaban J connectivity index is 2.56. The number of hydrogen-bond donors (Lipinski definition) is 1. The molecule has 0 amide bonds. The van der Waals surface area contributed by atoms with Crippen molar-refractivity contribution in [3.63, 3.8) is 0 Å². The Morgan fingerprint density at radius 2 is 1.89 bits per heavy atom. The van der Waals surface area contributed by atoms with Crippen molar-refractivity contribution < 1.29 is 9.47 Å². The van der Waals surface area contributed by atoms with Crippen LogP contribution in [0.1, 0.15) is 38.8 Å². The Labute approximate surface area is 117 Å². The summed E-state index contributed by atoms with van der Waals surface area (Å²) in [7, 11) is 0. The number of aryl methyl sites for hydroxylation is 1. The van der Waals surface area contributed by atoms with Gasteiger partial charge in [-0.25, -0.2) is 0 Å². The lowest BCUT2D eigenvalue weighted by Gasteiger charge is -2.20. The van der Waals surface area contributed by atoms with E-state index in [1.807, 2.05) is 0 Å². The molecule has 1 N–H and O–H groups in total. The average molecular weight is 265 g/mol. The molecule has 0 bridgehead atoms. The maximum Gasteiger partial charge on any atom is 0.126 e. The van der Waals surface area contributed by atoms with Gasteiger partial charge < -0.3 is 14.8 Å². The number of para-hydroxylation sites is 1. The first-order valence-electron chi connectivity index (χ1n) is 7.00. The second-order valence-corrected chi connectivity index (χ2v) is 5.65. The van der Waals surface area contributed by atoms with Crippen LogP contribution in [0.5, 0.6) is 5.75 Å². The van der Waals surface area contributed by atoms with Crippen LogP contribution in [0.4, 0.5) is 0 Å². The predicted octanol–water partition coefficient (Wildman–Crippen LogP) is 3.30. The molecular weight excluding hydrogens is 238 g/mol. The van der Waals surface area contributed by atoms with Crippen molar-refractivity contribution in [2.24, 2.45) is 0 Å². The normalized spacial score (nSPS) is 11.6. The average Bonchev–Trinajstić information content (AvgIpc) is 2.32. The summed E-state index contributed by atoms with van der Waals surface area (Å²) in [5, 5.41) is 3.34. The fourth-order valence-electron chi connectivity index (χ4n) is 1.81. The molecule has 19 heavy (non-hydrogen) atoms. The number of hydrogen-bond acceptors (Lipinski definition) is 3. The first-order chi connectivity index (χ1) is 8.94. The first-order valence-corrected chi connectivity index (χ1v) is 7.00. The number of nitrogens with one attached hydrogen (secondary N) is 1. The second kappa shape index (κ2) is 7.51. The molecule has 0 saturated carbocycles. The molecule has 0 aromatic heterocycles. The summed E-state index contributed by atoms with van der Waals surface area (Å²) < 4.78 is 11.6. The third-order valence-electron chi connectivity index (χ3n) is 2.72. The van der Waals surface area contributed by atoms with Crippen molar-refractivity contribution in [3.8, 4) is 5.75 Å². The summed E-state index contributed by atoms with van der Waals surface area (Å²) in [4.78, 5) is 0. The topological polar surface area (TPSA) is 30.5 Å². The van der Waals surface area contributed by atoms with E-state index in [9.17, 15) is 0 Å². The van der Waals surface area contributed by atoms with E-state index in [-0.39, 0.29) is 5.60 Å². The summed E-state index contributed by atoms with van der Waals surface area (Å²) in [5.74, 6) is 0.987. The zero-order valence-corrected chi connectivity index (χ0v) is 12.9. The summed E-state index contributed by atoms with van der Waals surface area (Å²) in [5.41, 5.74) is 2.27. The van der Waals surface area contributed by atoms with Crippen LogP contribution in [0.2, 0.25) is 0 Å². The van der Waals surface area contributed by atoms with Crippen molar-refractivity contribution in [2.45, 2.75) is 46.8 Å². The minimum Gasteiger partial charge on any atom is -0.491 e. The van der Waals surface area contributed by atoms with Crippen LogP contribution in [0, 0.1) is 6.92 Å². The van der Waals surface area contributed by atoms with Gasteiger partial charge in [0, 0.05) is 12.1 Å². The highest BCUT2D eigenvalue weighted by molar-refractivity contribution is 5.40. The second-order valence-electron chi connectivity index (χ2n) is 5.65. The molecule has 3 nitrogen and oxygen atoms in total. The van der Waals surface area contributed by atoms with Gasteiger partial charge in [-0.1, -0.05) is 25.1 Å². The zero-order chi connectivity index (χ0) is 14.3. The molecule has 3 heteroatoms. The standard InChI is InChI=1S/C16H27NO2/c1-6-17-12-14-9-7-8-13(2)15(14)18-10-11-19-16(3,4)5/h7-9,17H,6,10-12H2,1-5H3. The highest BCUT2D eigenvalue weighted by atomic mass is 16.5. The molecule has 108 valence electrons. The number of rotatable bonds is 7. The monoisotopic (exact) mass is 265 g/mol. The SMILES string of the molecule is CCNCc1cccc(C)c1OCCOC(C)(C)C. The molecule has 0 saturated heterocycles. The largest absolute Gasteiger partial charge is 0.491 e. The molecule has 1 aromatic rings. The van der Waals surface area contributed by atoms with Crippen LogP contribution >= 0.6 is 0 Å². The molecule has 1 aromatic carbocycles. The smallest absolute Gasteiger partial charge is 0.126 e. The van der Waals surface area contributed by atoms with Gasteiger partial charge in [-0.2, -0.15) is 0 Å². The van der Waals surface area contributed by atoms with Gasteiger partial charge in [0.1, 0.15) is 12.4 Å². The van der Waals surface area contributed by atoms with Gasteiger partial charge in [-0.15, -0.1) is 0 Å². The van der Waals surface area contributed by atoms with Gasteiger partial charge in [0.25, 0.3) is 0 Å². The summed E-state index contributed by atoms with van der Waals surface area (Å²) >= 11 is 0. The van der Waals surface area contributed by atoms with Gasteiger partial charge in [-0.3, -0.25) is 0 Å². The molecule has 0 unspecified atom stereocenters. The van der Waals surface area contributed by atoms with Gasteiger partial charge in [-0.05, 0) is 39.8 Å². The van der Waals surface area contributed by atoms with Crippen LogP contribution in [-0.2, 0) is 11.3 Å². The van der Waals surface area contributed by atoms with Crippen molar-refractivity contribution in [1.82, 2.24) is 5.32 Å². The molecule has 0 aliphatic heterocycles. The molecule has 0 aliphatic rings. The van der Waals surface area contributed by atoms with Crippen molar-refractivity contribution >= 4 is 0 Å². The van der Waals surface area contributed by atoms with E-state index in [1.54, 1.807) is 0 Å². The molecule has 1 rings (SSSR count). The molecule has 0 radical (unpaired) electrons.